The van der Waals surface area contributed by atoms with E-state index >= 15 is 0 Å². The fraction of sp³-hybridized carbons (Fsp3) is 0.500. The molecule has 27 heavy (non-hydrogen) atoms. The summed E-state index contributed by atoms with van der Waals surface area (Å²) >= 11 is 3.66. The van der Waals surface area contributed by atoms with Gasteiger partial charge < -0.3 is 14.5 Å². The van der Waals surface area contributed by atoms with Gasteiger partial charge in [0.1, 0.15) is 5.82 Å². The van der Waals surface area contributed by atoms with Gasteiger partial charge in [0.25, 0.3) is 0 Å². The normalized spacial score (nSPS) is 20.8. The van der Waals surface area contributed by atoms with Crippen molar-refractivity contribution in [1.29, 1.82) is 0 Å². The standard InChI is InChI=1S/C20H26BrN5O/c1-24(19-6-8-22-20(23-19)26-10-12-27-13-11-26)17-7-9-25(15-17)14-16-4-2-3-5-18(16)21/h2-6,8,17H,7,9-15H2,1H3. The largest absolute Gasteiger partial charge is 0.378 e. The molecule has 1 atom stereocenters. The van der Waals surface area contributed by atoms with Crippen LogP contribution in [0.2, 0.25) is 0 Å². The molecule has 3 heterocycles. The lowest BCUT2D eigenvalue weighted by Crippen LogP contribution is -2.38. The highest BCUT2D eigenvalue weighted by Gasteiger charge is 2.27. The molecule has 7 heteroatoms. The fourth-order valence-electron chi connectivity index (χ4n) is 3.78. The molecule has 0 aliphatic carbocycles. The second-order valence-electron chi connectivity index (χ2n) is 7.19. The summed E-state index contributed by atoms with van der Waals surface area (Å²) in [4.78, 5) is 16.3. The first kappa shape index (κ1) is 18.7. The van der Waals surface area contributed by atoms with Crippen LogP contribution in [0, 0.1) is 0 Å². The number of hydrogen-bond acceptors (Lipinski definition) is 6. The van der Waals surface area contributed by atoms with Crippen LogP contribution in [0.15, 0.2) is 41.0 Å². The number of likely N-dealkylation sites (tertiary alicyclic amines) is 1. The molecule has 2 saturated heterocycles. The van der Waals surface area contributed by atoms with E-state index < -0.39 is 0 Å². The first-order valence-electron chi connectivity index (χ1n) is 9.55. The molecule has 1 aromatic heterocycles. The predicted molar refractivity (Wildman–Crippen MR) is 111 cm³/mol. The van der Waals surface area contributed by atoms with Crippen LogP contribution in [-0.2, 0) is 11.3 Å². The summed E-state index contributed by atoms with van der Waals surface area (Å²) in [6.45, 7) is 6.35. The minimum atomic E-state index is 0.472. The molecule has 2 aliphatic heterocycles. The van der Waals surface area contributed by atoms with Gasteiger partial charge >= 0.3 is 0 Å². The number of nitrogens with zero attached hydrogens (tertiary/aromatic N) is 5. The lowest BCUT2D eigenvalue weighted by atomic mass is 10.2. The summed E-state index contributed by atoms with van der Waals surface area (Å²) < 4.78 is 6.62. The summed E-state index contributed by atoms with van der Waals surface area (Å²) in [6, 6.07) is 11.0. The van der Waals surface area contributed by atoms with Crippen molar-refractivity contribution in [2.45, 2.75) is 19.0 Å². The second-order valence-corrected chi connectivity index (χ2v) is 8.05. The van der Waals surface area contributed by atoms with Gasteiger partial charge in [-0.15, -0.1) is 0 Å². The van der Waals surface area contributed by atoms with Crippen LogP contribution in [0.4, 0.5) is 11.8 Å². The van der Waals surface area contributed by atoms with Gasteiger partial charge in [-0.3, -0.25) is 4.90 Å². The van der Waals surface area contributed by atoms with Crippen molar-refractivity contribution in [2.24, 2.45) is 0 Å². The van der Waals surface area contributed by atoms with E-state index in [1.165, 1.54) is 10.0 Å². The van der Waals surface area contributed by atoms with Crippen LogP contribution in [0.1, 0.15) is 12.0 Å². The summed E-state index contributed by atoms with van der Waals surface area (Å²) in [5.41, 5.74) is 1.34. The van der Waals surface area contributed by atoms with Gasteiger partial charge in [0.05, 0.1) is 13.2 Å². The molecule has 1 unspecified atom stereocenters. The Morgan fingerprint density at radius 3 is 2.81 bits per heavy atom. The van der Waals surface area contributed by atoms with E-state index in [0.717, 1.165) is 64.1 Å². The Morgan fingerprint density at radius 2 is 2.00 bits per heavy atom. The van der Waals surface area contributed by atoms with Crippen molar-refractivity contribution >= 4 is 27.7 Å². The lowest BCUT2D eigenvalue weighted by molar-refractivity contribution is 0.122. The van der Waals surface area contributed by atoms with Crippen molar-refractivity contribution in [3.63, 3.8) is 0 Å². The summed E-state index contributed by atoms with van der Waals surface area (Å²) in [5.74, 6) is 1.81. The molecular formula is C20H26BrN5O. The van der Waals surface area contributed by atoms with Crippen LogP contribution in [0.25, 0.3) is 0 Å². The maximum atomic E-state index is 5.43. The molecule has 0 amide bonds. The lowest BCUT2D eigenvalue weighted by Gasteiger charge is -2.29. The zero-order valence-electron chi connectivity index (χ0n) is 15.7. The summed E-state index contributed by atoms with van der Waals surface area (Å²) in [5, 5.41) is 0. The minimum Gasteiger partial charge on any atom is -0.378 e. The second kappa shape index (κ2) is 8.54. The summed E-state index contributed by atoms with van der Waals surface area (Å²) in [7, 11) is 2.15. The number of likely N-dealkylation sites (N-methyl/N-ethyl adjacent to an activating group) is 1. The third-order valence-electron chi connectivity index (χ3n) is 5.43. The Labute approximate surface area is 169 Å². The molecular weight excluding hydrogens is 406 g/mol. The maximum absolute atomic E-state index is 5.43. The molecule has 0 radical (unpaired) electrons. The van der Waals surface area contributed by atoms with Crippen LogP contribution in [-0.4, -0.2) is 67.4 Å². The SMILES string of the molecule is CN(c1ccnc(N2CCOCC2)n1)C1CCN(Cc2ccccc2Br)C1. The van der Waals surface area contributed by atoms with Gasteiger partial charge in [0, 0.05) is 56.5 Å². The van der Waals surface area contributed by atoms with Crippen molar-refractivity contribution in [3.8, 4) is 0 Å². The molecule has 4 rings (SSSR count). The number of benzene rings is 1. The molecule has 0 saturated carbocycles. The van der Waals surface area contributed by atoms with Gasteiger partial charge in [-0.1, -0.05) is 34.1 Å². The van der Waals surface area contributed by atoms with Gasteiger partial charge in [-0.25, -0.2) is 4.98 Å². The van der Waals surface area contributed by atoms with E-state index in [1.54, 1.807) is 0 Å². The number of ether oxygens (including phenoxy) is 1. The van der Waals surface area contributed by atoms with Gasteiger partial charge in [0.15, 0.2) is 0 Å². The molecule has 0 N–H and O–H groups in total. The third kappa shape index (κ3) is 4.42. The van der Waals surface area contributed by atoms with E-state index in [0.29, 0.717) is 6.04 Å². The summed E-state index contributed by atoms with van der Waals surface area (Å²) in [6.07, 6.45) is 3.02. The average molecular weight is 432 g/mol. The highest BCUT2D eigenvalue weighted by Crippen LogP contribution is 2.24. The molecule has 2 aliphatic rings. The maximum Gasteiger partial charge on any atom is 0.227 e. The zero-order valence-corrected chi connectivity index (χ0v) is 17.3. The number of morpholine rings is 1. The molecule has 2 aromatic rings. The molecule has 2 fully saturated rings. The van der Waals surface area contributed by atoms with E-state index in [1.807, 2.05) is 12.3 Å². The van der Waals surface area contributed by atoms with Gasteiger partial charge in [-0.05, 0) is 24.1 Å². The molecule has 0 bridgehead atoms. The Bertz CT molecular complexity index is 768. The van der Waals surface area contributed by atoms with E-state index in [4.69, 9.17) is 9.72 Å². The number of anilines is 2. The van der Waals surface area contributed by atoms with E-state index in [9.17, 15) is 0 Å². The molecule has 6 nitrogen and oxygen atoms in total. The first-order chi connectivity index (χ1) is 13.2. The predicted octanol–water partition coefficient (Wildman–Crippen LogP) is 2.79. The van der Waals surface area contributed by atoms with Gasteiger partial charge in [0.2, 0.25) is 5.95 Å². The van der Waals surface area contributed by atoms with E-state index in [2.05, 4.69) is 66.9 Å². The molecule has 144 valence electrons. The van der Waals surface area contributed by atoms with Crippen molar-refractivity contribution in [3.05, 3.63) is 46.6 Å². The Kier molecular flexibility index (Phi) is 5.90. The highest BCUT2D eigenvalue weighted by atomic mass is 79.9. The Morgan fingerprint density at radius 1 is 1.19 bits per heavy atom. The fourth-order valence-corrected chi connectivity index (χ4v) is 4.19. The average Bonchev–Trinajstić information content (AvgIpc) is 3.18. The van der Waals surface area contributed by atoms with Crippen LogP contribution in [0.5, 0.6) is 0 Å². The van der Waals surface area contributed by atoms with E-state index in [-0.39, 0.29) is 0 Å². The minimum absolute atomic E-state index is 0.472. The quantitative estimate of drug-likeness (QED) is 0.724. The third-order valence-corrected chi connectivity index (χ3v) is 6.20. The highest BCUT2D eigenvalue weighted by molar-refractivity contribution is 9.10. The first-order valence-corrected chi connectivity index (χ1v) is 10.3. The van der Waals surface area contributed by atoms with Crippen LogP contribution < -0.4 is 9.80 Å². The molecule has 0 spiro atoms. The molecule has 1 aromatic carbocycles. The van der Waals surface area contributed by atoms with Crippen LogP contribution >= 0.6 is 15.9 Å². The zero-order chi connectivity index (χ0) is 18.6. The topological polar surface area (TPSA) is 44.7 Å². The Hall–Kier alpha value is -1.70. The number of rotatable bonds is 5. The smallest absolute Gasteiger partial charge is 0.227 e. The van der Waals surface area contributed by atoms with Crippen LogP contribution in [0.3, 0.4) is 0 Å². The Balaban J connectivity index is 1.40. The monoisotopic (exact) mass is 431 g/mol. The number of hydrogen-bond donors (Lipinski definition) is 0. The van der Waals surface area contributed by atoms with Crippen molar-refractivity contribution in [1.82, 2.24) is 14.9 Å². The van der Waals surface area contributed by atoms with Crippen molar-refractivity contribution in [2.75, 3.05) is 56.2 Å². The number of aromatic nitrogens is 2. The van der Waals surface area contributed by atoms with Crippen molar-refractivity contribution < 1.29 is 4.74 Å². The number of halogens is 1. The van der Waals surface area contributed by atoms with Gasteiger partial charge in [-0.2, -0.15) is 4.98 Å².